The molecule has 0 spiro atoms. The molecule has 0 aliphatic carbocycles. The second-order valence-electron chi connectivity index (χ2n) is 8.41. The van der Waals surface area contributed by atoms with Gasteiger partial charge in [0.25, 0.3) is 0 Å². The van der Waals surface area contributed by atoms with Crippen LogP contribution >= 0.6 is 0 Å². The molecule has 0 saturated carbocycles. The Morgan fingerprint density at radius 2 is 1.93 bits per heavy atom. The summed E-state index contributed by atoms with van der Waals surface area (Å²) < 4.78 is 19.5. The number of nitrogens with zero attached hydrogens (tertiary/aromatic N) is 3. The molecule has 2 unspecified atom stereocenters. The number of aromatic nitrogens is 1. The van der Waals surface area contributed by atoms with Gasteiger partial charge in [-0.15, -0.1) is 0 Å². The number of pyridine rings is 1. The van der Waals surface area contributed by atoms with Crippen LogP contribution in [0.3, 0.4) is 0 Å². The van der Waals surface area contributed by atoms with Gasteiger partial charge >= 0.3 is 0 Å². The maximum Gasteiger partial charge on any atom is 0.128 e. The van der Waals surface area contributed by atoms with Gasteiger partial charge in [0.2, 0.25) is 0 Å². The van der Waals surface area contributed by atoms with Crippen LogP contribution in [0.5, 0.6) is 0 Å². The number of ether oxygens (including phenoxy) is 1. The molecule has 2 atom stereocenters. The minimum atomic E-state index is -0.183. The van der Waals surface area contributed by atoms with Gasteiger partial charge in [-0.2, -0.15) is 0 Å². The lowest BCUT2D eigenvalue weighted by Crippen LogP contribution is -2.45. The summed E-state index contributed by atoms with van der Waals surface area (Å²) in [6.07, 6.45) is 4.31. The summed E-state index contributed by atoms with van der Waals surface area (Å²) in [6.45, 7) is 8.81. The molecular weight excluding hydrogens is 367 g/mol. The van der Waals surface area contributed by atoms with Crippen molar-refractivity contribution < 1.29 is 9.13 Å². The smallest absolute Gasteiger partial charge is 0.128 e. The monoisotopic (exact) mass is 398 g/mol. The molecule has 1 aromatic heterocycles. The number of morpholine rings is 1. The van der Waals surface area contributed by atoms with Gasteiger partial charge in [0, 0.05) is 55.9 Å². The maximum atomic E-state index is 13.6. The van der Waals surface area contributed by atoms with Crippen molar-refractivity contribution in [1.29, 1.82) is 0 Å². The van der Waals surface area contributed by atoms with Crippen LogP contribution < -0.4 is 15.1 Å². The van der Waals surface area contributed by atoms with Crippen molar-refractivity contribution in [3.8, 4) is 0 Å². The molecule has 156 valence electrons. The predicted octanol–water partition coefficient (Wildman–Crippen LogP) is 4.16. The third kappa shape index (κ3) is 4.99. The van der Waals surface area contributed by atoms with Gasteiger partial charge in [-0.05, 0) is 43.0 Å². The molecule has 2 aromatic rings. The molecule has 4 rings (SSSR count). The van der Waals surface area contributed by atoms with Crippen LogP contribution in [0.2, 0.25) is 0 Å². The number of anilines is 3. The molecule has 6 heteroatoms. The summed E-state index contributed by atoms with van der Waals surface area (Å²) in [5.41, 5.74) is 2.14. The summed E-state index contributed by atoms with van der Waals surface area (Å²) in [6, 6.07) is 11.4. The van der Waals surface area contributed by atoms with Gasteiger partial charge in [-0.25, -0.2) is 9.37 Å². The van der Waals surface area contributed by atoms with Gasteiger partial charge in [0.15, 0.2) is 0 Å². The molecule has 1 aromatic carbocycles. The van der Waals surface area contributed by atoms with Crippen molar-refractivity contribution in [2.45, 2.75) is 38.8 Å². The van der Waals surface area contributed by atoms with E-state index in [9.17, 15) is 4.39 Å². The average molecular weight is 399 g/mol. The van der Waals surface area contributed by atoms with Gasteiger partial charge in [-0.1, -0.05) is 19.9 Å². The third-order valence-corrected chi connectivity index (χ3v) is 5.89. The largest absolute Gasteiger partial charge is 0.374 e. The highest BCUT2D eigenvalue weighted by molar-refractivity contribution is 5.55. The molecule has 2 aliphatic rings. The Balaban J connectivity index is 1.41. The van der Waals surface area contributed by atoms with Crippen molar-refractivity contribution in [2.24, 2.45) is 5.92 Å². The normalized spacial score (nSPS) is 22.8. The van der Waals surface area contributed by atoms with Crippen molar-refractivity contribution in [3.05, 3.63) is 48.4 Å². The van der Waals surface area contributed by atoms with Crippen molar-refractivity contribution in [2.75, 3.05) is 47.9 Å². The van der Waals surface area contributed by atoms with E-state index in [2.05, 4.69) is 46.1 Å². The first kappa shape index (κ1) is 20.0. The van der Waals surface area contributed by atoms with E-state index in [-0.39, 0.29) is 11.9 Å². The van der Waals surface area contributed by atoms with Crippen molar-refractivity contribution in [1.82, 2.24) is 4.98 Å². The fraction of sp³-hybridized carbons (Fsp3) is 0.522. The molecule has 1 N–H and O–H groups in total. The molecule has 2 saturated heterocycles. The highest BCUT2D eigenvalue weighted by Crippen LogP contribution is 2.25. The van der Waals surface area contributed by atoms with Crippen LogP contribution in [0.1, 0.15) is 26.7 Å². The zero-order valence-electron chi connectivity index (χ0n) is 17.4. The van der Waals surface area contributed by atoms with Crippen LogP contribution in [0.25, 0.3) is 0 Å². The van der Waals surface area contributed by atoms with Crippen molar-refractivity contribution in [3.63, 3.8) is 0 Å². The second-order valence-corrected chi connectivity index (χ2v) is 8.41. The lowest BCUT2D eigenvalue weighted by molar-refractivity contribution is 0.0114. The van der Waals surface area contributed by atoms with E-state index < -0.39 is 0 Å². The summed E-state index contributed by atoms with van der Waals surface area (Å²) in [4.78, 5) is 9.19. The lowest BCUT2D eigenvalue weighted by Gasteiger charge is -2.37. The standard InChI is InChI=1S/C23H31FN4O/c1-17(2)22-16-28(11-12-29-22)21-8-9-25-23(14-21)26-19-6-4-10-27(15-19)20-7-3-5-18(24)13-20/h3,5,7-9,13-14,17,19,22H,4,6,10-12,15-16H2,1-2H3,(H,25,26). The van der Waals surface area contributed by atoms with Crippen molar-refractivity contribution >= 4 is 17.2 Å². The van der Waals surface area contributed by atoms with E-state index in [0.29, 0.717) is 12.0 Å². The molecule has 5 nitrogen and oxygen atoms in total. The Morgan fingerprint density at radius 3 is 2.76 bits per heavy atom. The summed E-state index contributed by atoms with van der Waals surface area (Å²) >= 11 is 0. The van der Waals surface area contributed by atoms with Gasteiger partial charge in [0.05, 0.1) is 12.7 Å². The number of hydrogen-bond donors (Lipinski definition) is 1. The van der Waals surface area contributed by atoms with E-state index in [1.165, 1.54) is 11.8 Å². The zero-order valence-corrected chi connectivity index (χ0v) is 17.4. The third-order valence-electron chi connectivity index (χ3n) is 5.89. The number of piperidine rings is 1. The average Bonchev–Trinajstić information content (AvgIpc) is 2.74. The minimum Gasteiger partial charge on any atom is -0.374 e. The van der Waals surface area contributed by atoms with E-state index >= 15 is 0 Å². The lowest BCUT2D eigenvalue weighted by atomic mass is 10.0. The van der Waals surface area contributed by atoms with E-state index in [1.807, 2.05) is 12.3 Å². The van der Waals surface area contributed by atoms with Gasteiger partial charge in [0.1, 0.15) is 11.6 Å². The van der Waals surface area contributed by atoms with E-state index in [1.54, 1.807) is 12.1 Å². The Bertz CT molecular complexity index is 815. The molecule has 0 amide bonds. The Morgan fingerprint density at radius 1 is 1.10 bits per heavy atom. The molecular formula is C23H31FN4O. The van der Waals surface area contributed by atoms with Gasteiger partial charge in [-0.3, -0.25) is 0 Å². The fourth-order valence-corrected chi connectivity index (χ4v) is 4.22. The first-order chi connectivity index (χ1) is 14.1. The topological polar surface area (TPSA) is 40.6 Å². The first-order valence-electron chi connectivity index (χ1n) is 10.7. The molecule has 2 fully saturated rings. The number of nitrogens with one attached hydrogen (secondary N) is 1. The molecule has 0 radical (unpaired) electrons. The highest BCUT2D eigenvalue weighted by Gasteiger charge is 2.24. The van der Waals surface area contributed by atoms with Crippen LogP contribution in [0.4, 0.5) is 21.6 Å². The summed E-state index contributed by atoms with van der Waals surface area (Å²) in [5, 5.41) is 3.60. The molecule has 0 bridgehead atoms. The van der Waals surface area contributed by atoms with Crippen LogP contribution in [-0.4, -0.2) is 49.9 Å². The zero-order chi connectivity index (χ0) is 20.2. The molecule has 2 aliphatic heterocycles. The Kier molecular flexibility index (Phi) is 6.19. The number of benzene rings is 1. The SMILES string of the molecule is CC(C)C1CN(c2ccnc(NC3CCCN(c4cccc(F)c4)C3)c2)CCO1. The predicted molar refractivity (Wildman–Crippen MR) is 116 cm³/mol. The second kappa shape index (κ2) is 8.99. The first-order valence-corrected chi connectivity index (χ1v) is 10.7. The fourth-order valence-electron chi connectivity index (χ4n) is 4.22. The quantitative estimate of drug-likeness (QED) is 0.819. The molecule has 3 heterocycles. The highest BCUT2D eigenvalue weighted by atomic mass is 19.1. The Labute approximate surface area is 172 Å². The molecule has 29 heavy (non-hydrogen) atoms. The van der Waals surface area contributed by atoms with Crippen LogP contribution in [0.15, 0.2) is 42.6 Å². The van der Waals surface area contributed by atoms with Crippen LogP contribution in [-0.2, 0) is 4.74 Å². The minimum absolute atomic E-state index is 0.183. The maximum absolute atomic E-state index is 13.6. The number of halogens is 1. The summed E-state index contributed by atoms with van der Waals surface area (Å²) in [5.74, 6) is 1.23. The van der Waals surface area contributed by atoms with Crippen LogP contribution in [0, 0.1) is 11.7 Å². The number of hydrogen-bond acceptors (Lipinski definition) is 5. The number of rotatable bonds is 5. The van der Waals surface area contributed by atoms with E-state index in [4.69, 9.17) is 4.74 Å². The van der Waals surface area contributed by atoms with Gasteiger partial charge < -0.3 is 19.9 Å². The summed E-state index contributed by atoms with van der Waals surface area (Å²) in [7, 11) is 0. The van der Waals surface area contributed by atoms with E-state index in [0.717, 1.165) is 57.1 Å². The Hall–Kier alpha value is -2.34.